The first-order valence-corrected chi connectivity index (χ1v) is 3.39. The van der Waals surface area contributed by atoms with E-state index in [2.05, 4.69) is 20.8 Å². The van der Waals surface area contributed by atoms with E-state index < -0.39 is 0 Å². The Hall–Kier alpha value is -0.0400. The molecule has 0 saturated heterocycles. The van der Waals surface area contributed by atoms with Gasteiger partial charge in [-0.1, -0.05) is 34.6 Å². The summed E-state index contributed by atoms with van der Waals surface area (Å²) in [6.07, 6.45) is 0. The Bertz CT molecular complexity index is 87.2. The Labute approximate surface area is 58.1 Å². The fourth-order valence-corrected chi connectivity index (χ4v) is 0.217. The third kappa shape index (κ3) is 1.98. The zero-order valence-corrected chi connectivity index (χ0v) is 7.12. The molecule has 0 aromatic heterocycles. The van der Waals surface area contributed by atoms with Crippen LogP contribution in [0.5, 0.6) is 0 Å². The zero-order valence-electron chi connectivity index (χ0n) is 7.12. The maximum absolute atomic E-state index is 10.6. The summed E-state index contributed by atoms with van der Waals surface area (Å²) >= 11 is 0. The van der Waals surface area contributed by atoms with E-state index in [-0.39, 0.29) is 17.4 Å². The van der Waals surface area contributed by atoms with Crippen LogP contribution in [0.2, 0.25) is 0 Å². The van der Waals surface area contributed by atoms with Crippen molar-refractivity contribution in [1.82, 2.24) is 0 Å². The molecule has 0 aliphatic rings. The van der Waals surface area contributed by atoms with Gasteiger partial charge in [0.1, 0.15) is 0 Å². The first-order chi connectivity index (χ1) is 3.81. The van der Waals surface area contributed by atoms with Crippen molar-refractivity contribution in [2.45, 2.75) is 34.6 Å². The summed E-state index contributed by atoms with van der Waals surface area (Å²) in [7, 11) is 0. The minimum atomic E-state index is -0.0764. The normalized spacial score (nSPS) is 14.0. The van der Waals surface area contributed by atoms with Crippen molar-refractivity contribution >= 4 is 0 Å². The van der Waals surface area contributed by atoms with Gasteiger partial charge >= 0.3 is 0 Å². The fraction of sp³-hybridized carbons (Fsp3) is 1.00. The van der Waals surface area contributed by atoms with Crippen LogP contribution >= 0.6 is 0 Å². The molecular formula is C8H17O. The van der Waals surface area contributed by atoms with E-state index in [9.17, 15) is 5.11 Å². The lowest BCUT2D eigenvalue weighted by Gasteiger charge is -2.36. The molecule has 0 heterocycles. The van der Waals surface area contributed by atoms with E-state index in [1.165, 1.54) is 0 Å². The van der Waals surface area contributed by atoms with Gasteiger partial charge in [-0.3, -0.25) is 0 Å². The fourth-order valence-electron chi connectivity index (χ4n) is 0.217. The predicted octanol–water partition coefficient (Wildman–Crippen LogP) is 2.49. The first kappa shape index (κ1) is 8.96. The van der Waals surface area contributed by atoms with Crippen LogP contribution in [-0.2, 0) is 5.11 Å². The van der Waals surface area contributed by atoms with Gasteiger partial charge in [-0.2, -0.15) is 0 Å². The van der Waals surface area contributed by atoms with Gasteiger partial charge in [-0.05, 0) is 10.8 Å². The van der Waals surface area contributed by atoms with Gasteiger partial charge in [-0.15, -0.1) is 0 Å². The molecule has 0 atom stereocenters. The molecule has 0 aromatic carbocycles. The van der Waals surface area contributed by atoms with Crippen molar-refractivity contribution < 1.29 is 5.11 Å². The molecule has 0 aliphatic carbocycles. The van der Waals surface area contributed by atoms with Crippen molar-refractivity contribution in [1.29, 1.82) is 0 Å². The Morgan fingerprint density at radius 3 is 1.33 bits per heavy atom. The third-order valence-corrected chi connectivity index (χ3v) is 2.39. The Morgan fingerprint density at radius 1 is 1.00 bits per heavy atom. The smallest absolute Gasteiger partial charge is 0.0878 e. The molecule has 0 aromatic rings. The summed E-state index contributed by atoms with van der Waals surface area (Å²) < 4.78 is 0. The highest BCUT2D eigenvalue weighted by molar-refractivity contribution is 4.80. The standard InChI is InChI=1S/C8H17O/c1-7(2,3)8(4,5)6-9/h6H2,1-5H3. The number of hydrogen-bond acceptors (Lipinski definition) is 0. The van der Waals surface area contributed by atoms with Crippen LogP contribution in [0.3, 0.4) is 0 Å². The van der Waals surface area contributed by atoms with Gasteiger partial charge in [0, 0.05) is 0 Å². The van der Waals surface area contributed by atoms with Gasteiger partial charge in [0.15, 0.2) is 0 Å². The summed E-state index contributed by atoms with van der Waals surface area (Å²) in [6.45, 7) is 10.3. The van der Waals surface area contributed by atoms with Crippen LogP contribution in [0.1, 0.15) is 34.6 Å². The topological polar surface area (TPSA) is 19.9 Å². The molecule has 0 saturated carbocycles. The van der Waals surface area contributed by atoms with Crippen molar-refractivity contribution in [3.8, 4) is 0 Å². The second-order valence-corrected chi connectivity index (χ2v) is 4.28. The summed E-state index contributed by atoms with van der Waals surface area (Å²) in [5.74, 6) is 0. The van der Waals surface area contributed by atoms with Crippen LogP contribution in [0.25, 0.3) is 0 Å². The number of rotatable bonds is 1. The minimum absolute atomic E-state index is 0.0104. The zero-order chi connectivity index (χ0) is 7.71. The Balaban J connectivity index is 4.14. The maximum atomic E-state index is 10.6. The molecule has 0 N–H and O–H groups in total. The van der Waals surface area contributed by atoms with Crippen LogP contribution in [0.4, 0.5) is 0 Å². The molecule has 1 heteroatoms. The lowest BCUT2D eigenvalue weighted by atomic mass is 9.70. The molecule has 9 heavy (non-hydrogen) atoms. The summed E-state index contributed by atoms with van der Waals surface area (Å²) in [4.78, 5) is 0. The average Bonchev–Trinajstić information content (AvgIpc) is 1.64. The van der Waals surface area contributed by atoms with Crippen LogP contribution < -0.4 is 0 Å². The van der Waals surface area contributed by atoms with Crippen molar-refractivity contribution in [2.75, 3.05) is 6.61 Å². The maximum Gasteiger partial charge on any atom is 0.0878 e. The van der Waals surface area contributed by atoms with E-state index in [1.807, 2.05) is 13.8 Å². The molecule has 0 amide bonds. The summed E-state index contributed by atoms with van der Waals surface area (Å²) in [5.41, 5.74) is 0.0573. The van der Waals surface area contributed by atoms with Gasteiger partial charge in [-0.25, -0.2) is 5.11 Å². The highest BCUT2D eigenvalue weighted by Crippen LogP contribution is 2.36. The monoisotopic (exact) mass is 129 g/mol. The summed E-state index contributed by atoms with van der Waals surface area (Å²) in [5, 5.41) is 10.6. The molecule has 0 spiro atoms. The Morgan fingerprint density at radius 2 is 1.33 bits per heavy atom. The van der Waals surface area contributed by atoms with Crippen LogP contribution in [-0.4, -0.2) is 6.61 Å². The molecular weight excluding hydrogens is 112 g/mol. The highest BCUT2D eigenvalue weighted by Gasteiger charge is 2.32. The molecule has 0 rings (SSSR count). The second kappa shape index (κ2) is 2.30. The molecule has 1 radical (unpaired) electrons. The quantitative estimate of drug-likeness (QED) is 0.518. The van der Waals surface area contributed by atoms with E-state index in [0.29, 0.717) is 0 Å². The first-order valence-electron chi connectivity index (χ1n) is 3.39. The predicted molar refractivity (Wildman–Crippen MR) is 38.8 cm³/mol. The molecule has 0 fully saturated rings. The SMILES string of the molecule is CC(C)(C)C(C)(C)C[O]. The van der Waals surface area contributed by atoms with Crippen LogP contribution in [0, 0.1) is 10.8 Å². The van der Waals surface area contributed by atoms with E-state index in [4.69, 9.17) is 0 Å². The highest BCUT2D eigenvalue weighted by atomic mass is 16.3. The van der Waals surface area contributed by atoms with E-state index in [1.54, 1.807) is 0 Å². The average molecular weight is 129 g/mol. The summed E-state index contributed by atoms with van der Waals surface area (Å²) in [6, 6.07) is 0. The third-order valence-electron chi connectivity index (χ3n) is 2.39. The van der Waals surface area contributed by atoms with Crippen molar-refractivity contribution in [3.05, 3.63) is 0 Å². The van der Waals surface area contributed by atoms with Gasteiger partial charge < -0.3 is 0 Å². The molecule has 1 nitrogen and oxygen atoms in total. The van der Waals surface area contributed by atoms with Crippen LogP contribution in [0.15, 0.2) is 0 Å². The van der Waals surface area contributed by atoms with Crippen molar-refractivity contribution in [2.24, 2.45) is 10.8 Å². The van der Waals surface area contributed by atoms with Gasteiger partial charge in [0.2, 0.25) is 0 Å². The van der Waals surface area contributed by atoms with E-state index >= 15 is 0 Å². The second-order valence-electron chi connectivity index (χ2n) is 4.28. The Kier molecular flexibility index (Phi) is 2.29. The molecule has 0 aliphatic heterocycles. The molecule has 0 bridgehead atoms. The largest absolute Gasteiger partial charge is 0.236 e. The lowest BCUT2D eigenvalue weighted by molar-refractivity contribution is 0.0134. The lowest BCUT2D eigenvalue weighted by Crippen LogP contribution is -2.32. The minimum Gasteiger partial charge on any atom is -0.236 e. The number of hydrogen-bond donors (Lipinski definition) is 0. The van der Waals surface area contributed by atoms with E-state index in [0.717, 1.165) is 0 Å². The van der Waals surface area contributed by atoms with Crippen molar-refractivity contribution in [3.63, 3.8) is 0 Å². The molecule has 0 unspecified atom stereocenters. The molecule has 55 valence electrons. The van der Waals surface area contributed by atoms with Gasteiger partial charge in [0.05, 0.1) is 6.61 Å². The van der Waals surface area contributed by atoms with Gasteiger partial charge in [0.25, 0.3) is 0 Å².